The molecule has 18 heavy (non-hydrogen) atoms. The Kier molecular flexibility index (Phi) is 4.84. The van der Waals surface area contributed by atoms with E-state index >= 15 is 0 Å². The lowest BCUT2D eigenvalue weighted by Crippen LogP contribution is -2.35. The van der Waals surface area contributed by atoms with Crippen molar-refractivity contribution in [3.8, 4) is 0 Å². The summed E-state index contributed by atoms with van der Waals surface area (Å²) in [6, 6.07) is 0. The zero-order valence-electron chi connectivity index (χ0n) is 10.2. The monoisotopic (exact) mass is 290 g/mol. The van der Waals surface area contributed by atoms with E-state index in [-0.39, 0.29) is 12.4 Å². The maximum Gasteiger partial charge on any atom is 0.146 e. The predicted molar refractivity (Wildman–Crippen MR) is 74.7 cm³/mol. The Bertz CT molecular complexity index is 403. The third-order valence-corrected chi connectivity index (χ3v) is 4.95. The average Bonchev–Trinajstić information content (AvgIpc) is 2.39. The molecule has 0 radical (unpaired) electrons. The largest absolute Gasteiger partial charge is 0.375 e. The van der Waals surface area contributed by atoms with Gasteiger partial charge in [0.2, 0.25) is 0 Å². The van der Waals surface area contributed by atoms with Crippen LogP contribution < -0.4 is 10.0 Å². The van der Waals surface area contributed by atoms with Crippen LogP contribution in [-0.2, 0) is 15.7 Å². The number of allylic oxidation sites excluding steroid dienone is 2. The van der Waals surface area contributed by atoms with Crippen molar-refractivity contribution in [1.29, 1.82) is 0 Å². The first-order valence-corrected chi connectivity index (χ1v) is 7.40. The van der Waals surface area contributed by atoms with Gasteiger partial charge in [0.15, 0.2) is 0 Å². The van der Waals surface area contributed by atoms with Gasteiger partial charge in [0.05, 0.1) is 18.9 Å². The van der Waals surface area contributed by atoms with Crippen LogP contribution in [0, 0.1) is 5.92 Å². The molecular formula is C12H19ClN2O2S. The second-order valence-corrected chi connectivity index (χ2v) is 5.96. The maximum atomic E-state index is 12.2. The molecule has 0 aromatic rings. The van der Waals surface area contributed by atoms with E-state index < -0.39 is 11.0 Å². The van der Waals surface area contributed by atoms with Gasteiger partial charge >= 0.3 is 0 Å². The molecule has 0 spiro atoms. The molecule has 0 saturated carbocycles. The lowest BCUT2D eigenvalue weighted by molar-refractivity contribution is 0.145. The number of piperidine rings is 1. The van der Waals surface area contributed by atoms with Gasteiger partial charge in [0.1, 0.15) is 11.0 Å². The topological polar surface area (TPSA) is 50.4 Å². The Labute approximate surface area is 116 Å². The van der Waals surface area contributed by atoms with Crippen molar-refractivity contribution in [2.75, 3.05) is 26.3 Å². The highest BCUT2D eigenvalue weighted by Crippen LogP contribution is 2.30. The first-order valence-electron chi connectivity index (χ1n) is 6.25. The van der Waals surface area contributed by atoms with E-state index in [2.05, 4.69) is 16.1 Å². The molecule has 3 aliphatic heterocycles. The van der Waals surface area contributed by atoms with Crippen LogP contribution in [0.15, 0.2) is 22.3 Å². The molecule has 6 heteroatoms. The predicted octanol–water partition coefficient (Wildman–Crippen LogP) is 1.23. The summed E-state index contributed by atoms with van der Waals surface area (Å²) in [7, 11) is -1.05. The molecule has 1 saturated heterocycles. The third-order valence-electron chi connectivity index (χ3n) is 3.64. The van der Waals surface area contributed by atoms with Gasteiger partial charge in [-0.15, -0.1) is 12.4 Å². The molecule has 0 aromatic carbocycles. The molecule has 0 bridgehead atoms. The molecule has 1 atom stereocenters. The Morgan fingerprint density at radius 1 is 1.33 bits per heavy atom. The lowest BCUT2D eigenvalue weighted by Gasteiger charge is -2.30. The summed E-state index contributed by atoms with van der Waals surface area (Å²) in [6.45, 7) is 3.43. The SMILES string of the molecule is Cl.O=S1NC2=C(C=C1C1CCNCC1)CCOC2. The molecule has 3 heterocycles. The summed E-state index contributed by atoms with van der Waals surface area (Å²) < 4.78 is 20.6. The van der Waals surface area contributed by atoms with Crippen molar-refractivity contribution in [1.82, 2.24) is 10.0 Å². The minimum atomic E-state index is -1.05. The minimum absolute atomic E-state index is 0. The van der Waals surface area contributed by atoms with E-state index in [9.17, 15) is 4.21 Å². The van der Waals surface area contributed by atoms with Crippen molar-refractivity contribution in [2.45, 2.75) is 19.3 Å². The summed E-state index contributed by atoms with van der Waals surface area (Å²) in [6.07, 6.45) is 5.30. The van der Waals surface area contributed by atoms with Gasteiger partial charge in [-0.25, -0.2) is 4.21 Å². The number of hydrogen-bond acceptors (Lipinski definition) is 3. The Morgan fingerprint density at radius 3 is 2.89 bits per heavy atom. The smallest absolute Gasteiger partial charge is 0.146 e. The summed E-state index contributed by atoms with van der Waals surface area (Å²) in [5, 5.41) is 3.35. The highest BCUT2D eigenvalue weighted by molar-refractivity contribution is 7.87. The van der Waals surface area contributed by atoms with Crippen molar-refractivity contribution in [3.63, 3.8) is 0 Å². The van der Waals surface area contributed by atoms with Crippen molar-refractivity contribution < 1.29 is 8.95 Å². The first-order chi connectivity index (χ1) is 8.34. The number of hydrogen-bond donors (Lipinski definition) is 2. The quantitative estimate of drug-likeness (QED) is 0.764. The van der Waals surface area contributed by atoms with Gasteiger partial charge in [-0.2, -0.15) is 0 Å². The van der Waals surface area contributed by atoms with Gasteiger partial charge in [-0.3, -0.25) is 0 Å². The van der Waals surface area contributed by atoms with Gasteiger partial charge in [0.25, 0.3) is 0 Å². The molecule has 3 rings (SSSR count). The second-order valence-electron chi connectivity index (χ2n) is 4.75. The lowest BCUT2D eigenvalue weighted by atomic mass is 9.95. The minimum Gasteiger partial charge on any atom is -0.375 e. The number of rotatable bonds is 1. The van der Waals surface area contributed by atoms with E-state index in [4.69, 9.17) is 4.74 Å². The average molecular weight is 291 g/mol. The van der Waals surface area contributed by atoms with E-state index in [1.54, 1.807) is 0 Å². The molecule has 3 aliphatic rings. The highest BCUT2D eigenvalue weighted by Gasteiger charge is 2.27. The van der Waals surface area contributed by atoms with Crippen LogP contribution in [0.3, 0.4) is 0 Å². The molecule has 1 unspecified atom stereocenters. The molecule has 2 N–H and O–H groups in total. The maximum absolute atomic E-state index is 12.2. The van der Waals surface area contributed by atoms with Crippen LogP contribution in [0.25, 0.3) is 0 Å². The van der Waals surface area contributed by atoms with Crippen molar-refractivity contribution in [3.05, 3.63) is 22.3 Å². The van der Waals surface area contributed by atoms with E-state index in [1.165, 1.54) is 5.57 Å². The fraction of sp³-hybridized carbons (Fsp3) is 0.667. The van der Waals surface area contributed by atoms with E-state index in [1.807, 2.05) is 0 Å². The standard InChI is InChI=1S/C12H18N2O2S.ClH/c15-17-12(9-1-4-13-5-2-9)7-10-3-6-16-8-11(10)14-17;/h7,9,13-14H,1-6,8H2;1H. The Balaban J connectivity index is 0.00000120. The van der Waals surface area contributed by atoms with Crippen LogP contribution in [0.1, 0.15) is 19.3 Å². The third kappa shape index (κ3) is 2.79. The highest BCUT2D eigenvalue weighted by atomic mass is 35.5. The van der Waals surface area contributed by atoms with E-state index in [0.717, 1.165) is 49.6 Å². The van der Waals surface area contributed by atoms with Gasteiger partial charge in [0, 0.05) is 4.91 Å². The number of halogens is 1. The van der Waals surface area contributed by atoms with Crippen molar-refractivity contribution in [2.24, 2.45) is 5.92 Å². The van der Waals surface area contributed by atoms with Crippen LogP contribution in [0.4, 0.5) is 0 Å². The fourth-order valence-corrected chi connectivity index (χ4v) is 3.95. The molecule has 0 amide bonds. The summed E-state index contributed by atoms with van der Waals surface area (Å²) in [5.74, 6) is 0.474. The summed E-state index contributed by atoms with van der Waals surface area (Å²) in [4.78, 5) is 1.09. The molecule has 1 fully saturated rings. The molecule has 0 aromatic heterocycles. The fourth-order valence-electron chi connectivity index (χ4n) is 2.63. The Morgan fingerprint density at radius 2 is 2.11 bits per heavy atom. The van der Waals surface area contributed by atoms with Crippen LogP contribution in [0.5, 0.6) is 0 Å². The Hall–Kier alpha value is -0.360. The zero-order valence-corrected chi connectivity index (χ0v) is 11.9. The van der Waals surface area contributed by atoms with E-state index in [0.29, 0.717) is 12.5 Å². The molecular weight excluding hydrogens is 272 g/mol. The van der Waals surface area contributed by atoms with Gasteiger partial charge < -0.3 is 14.8 Å². The first kappa shape index (κ1) is 14.1. The van der Waals surface area contributed by atoms with Gasteiger partial charge in [-0.1, -0.05) is 0 Å². The van der Waals surface area contributed by atoms with Gasteiger partial charge in [-0.05, 0) is 49.9 Å². The van der Waals surface area contributed by atoms with Crippen LogP contribution in [-0.4, -0.2) is 30.5 Å². The number of ether oxygens (including phenoxy) is 1. The summed E-state index contributed by atoms with van der Waals surface area (Å²) >= 11 is 0. The van der Waals surface area contributed by atoms with Crippen molar-refractivity contribution >= 4 is 23.4 Å². The van der Waals surface area contributed by atoms with Crippen LogP contribution >= 0.6 is 12.4 Å². The molecule has 102 valence electrons. The number of nitrogens with one attached hydrogen (secondary N) is 2. The zero-order chi connectivity index (χ0) is 11.7. The molecule has 0 aliphatic carbocycles. The van der Waals surface area contributed by atoms with Crippen LogP contribution in [0.2, 0.25) is 0 Å². The summed E-state index contributed by atoms with van der Waals surface area (Å²) in [5.41, 5.74) is 2.32. The molecule has 4 nitrogen and oxygen atoms in total. The second kappa shape index (κ2) is 6.19. The normalized spacial score (nSPS) is 28.9.